The second-order valence-corrected chi connectivity index (χ2v) is 2.70. The second kappa shape index (κ2) is 4.04. The van der Waals surface area contributed by atoms with Crippen LogP contribution in [0, 0.1) is 5.82 Å². The fourth-order valence-electron chi connectivity index (χ4n) is 1.11. The molecule has 1 aromatic rings. The molecule has 6 heteroatoms. The van der Waals surface area contributed by atoms with Crippen LogP contribution in [0.2, 0.25) is 0 Å². The normalized spacial score (nSPS) is 9.80. The number of methoxy groups -OCH3 is 2. The molecule has 0 unspecified atom stereocenters. The van der Waals surface area contributed by atoms with Crippen molar-refractivity contribution in [2.24, 2.45) is 0 Å². The summed E-state index contributed by atoms with van der Waals surface area (Å²) in [4.78, 5) is 11.1. The fourth-order valence-corrected chi connectivity index (χ4v) is 1.11. The zero-order chi connectivity index (χ0) is 11.6. The highest BCUT2D eigenvalue weighted by atomic mass is 19.1. The molecule has 0 bridgehead atoms. The van der Waals surface area contributed by atoms with Gasteiger partial charge in [-0.05, 0) is 6.07 Å². The molecule has 0 aromatic heterocycles. The Morgan fingerprint density at radius 2 is 2.13 bits per heavy atom. The van der Waals surface area contributed by atoms with Gasteiger partial charge in [0, 0.05) is 0 Å². The first-order valence-corrected chi connectivity index (χ1v) is 3.96. The van der Waals surface area contributed by atoms with Gasteiger partial charge in [0.05, 0.1) is 19.9 Å². The highest BCUT2D eigenvalue weighted by Crippen LogP contribution is 2.35. The van der Waals surface area contributed by atoms with E-state index in [4.69, 9.17) is 5.73 Å². The maximum atomic E-state index is 13.4. The number of phenols is 1. The predicted octanol–water partition coefficient (Wildman–Crippen LogP) is 0.909. The highest BCUT2D eigenvalue weighted by molar-refractivity contribution is 5.94. The molecule has 0 atom stereocenters. The number of nitrogens with two attached hydrogens (primary N) is 1. The number of hydrogen-bond donors (Lipinski definition) is 2. The summed E-state index contributed by atoms with van der Waals surface area (Å²) in [6, 6.07) is 1.09. The number of phenolic OH excluding ortho intramolecular Hbond substituents is 1. The Bertz CT molecular complexity index is 406. The van der Waals surface area contributed by atoms with Crippen molar-refractivity contribution in [3.8, 4) is 11.5 Å². The van der Waals surface area contributed by atoms with Crippen molar-refractivity contribution in [3.05, 3.63) is 17.4 Å². The van der Waals surface area contributed by atoms with E-state index in [-0.39, 0.29) is 17.0 Å². The average molecular weight is 215 g/mol. The van der Waals surface area contributed by atoms with Crippen molar-refractivity contribution in [3.63, 3.8) is 0 Å². The number of nitrogen functional groups attached to an aromatic ring is 1. The fraction of sp³-hybridized carbons (Fsp3) is 0.222. The maximum Gasteiger partial charge on any atom is 0.341 e. The first-order valence-electron chi connectivity index (χ1n) is 3.96. The second-order valence-electron chi connectivity index (χ2n) is 2.70. The van der Waals surface area contributed by atoms with Crippen molar-refractivity contribution in [1.82, 2.24) is 0 Å². The third-order valence-corrected chi connectivity index (χ3v) is 1.83. The molecule has 1 rings (SSSR count). The molecule has 0 aliphatic heterocycles. The summed E-state index contributed by atoms with van der Waals surface area (Å²) in [5.41, 5.74) is 4.98. The lowest BCUT2D eigenvalue weighted by atomic mass is 10.1. The van der Waals surface area contributed by atoms with E-state index in [1.165, 1.54) is 7.11 Å². The standard InChI is InChI=1S/C9H10FNO4/c1-14-8-5(11)3-4(9(13)15-2)7(12)6(8)10/h3,12H,11H2,1-2H3. The summed E-state index contributed by atoms with van der Waals surface area (Å²) in [6.45, 7) is 0. The molecule has 5 nitrogen and oxygen atoms in total. The van der Waals surface area contributed by atoms with Crippen LogP contribution in [0.4, 0.5) is 10.1 Å². The van der Waals surface area contributed by atoms with Crippen LogP contribution in [0.5, 0.6) is 11.5 Å². The van der Waals surface area contributed by atoms with Gasteiger partial charge in [-0.15, -0.1) is 0 Å². The lowest BCUT2D eigenvalue weighted by Gasteiger charge is -2.10. The molecule has 15 heavy (non-hydrogen) atoms. The Labute approximate surface area is 85.2 Å². The molecule has 3 N–H and O–H groups in total. The number of benzene rings is 1. The minimum atomic E-state index is -1.09. The third-order valence-electron chi connectivity index (χ3n) is 1.83. The number of halogens is 1. The van der Waals surface area contributed by atoms with Crippen LogP contribution in [-0.4, -0.2) is 25.3 Å². The molecule has 0 aliphatic rings. The number of aromatic hydroxyl groups is 1. The molecule has 0 fully saturated rings. The summed E-state index contributed by atoms with van der Waals surface area (Å²) in [5, 5.41) is 9.32. The molecule has 0 heterocycles. The number of carbonyl (C=O) groups excluding carboxylic acids is 1. The SMILES string of the molecule is COC(=O)c1cc(N)c(OC)c(F)c1O. The van der Waals surface area contributed by atoms with Gasteiger partial charge in [-0.25, -0.2) is 4.79 Å². The monoisotopic (exact) mass is 215 g/mol. The molecule has 0 amide bonds. The van der Waals surface area contributed by atoms with E-state index in [1.807, 2.05) is 0 Å². The predicted molar refractivity (Wildman–Crippen MR) is 50.4 cm³/mol. The molecule has 0 saturated heterocycles. The van der Waals surface area contributed by atoms with E-state index in [0.717, 1.165) is 13.2 Å². The van der Waals surface area contributed by atoms with Gasteiger partial charge < -0.3 is 20.3 Å². The minimum absolute atomic E-state index is 0.0896. The quantitative estimate of drug-likeness (QED) is 0.435. The van der Waals surface area contributed by atoms with Gasteiger partial charge in [0.25, 0.3) is 0 Å². The van der Waals surface area contributed by atoms with Crippen molar-refractivity contribution < 1.29 is 23.8 Å². The lowest BCUT2D eigenvalue weighted by molar-refractivity contribution is 0.0596. The lowest BCUT2D eigenvalue weighted by Crippen LogP contribution is -2.06. The van der Waals surface area contributed by atoms with Gasteiger partial charge in [0.1, 0.15) is 5.56 Å². The number of rotatable bonds is 2. The van der Waals surface area contributed by atoms with Crippen LogP contribution < -0.4 is 10.5 Å². The van der Waals surface area contributed by atoms with E-state index < -0.39 is 17.5 Å². The van der Waals surface area contributed by atoms with Crippen LogP contribution in [0.15, 0.2) is 6.07 Å². The Kier molecular flexibility index (Phi) is 2.99. The van der Waals surface area contributed by atoms with Crippen LogP contribution >= 0.6 is 0 Å². The Hall–Kier alpha value is -1.98. The van der Waals surface area contributed by atoms with Gasteiger partial charge in [0.15, 0.2) is 11.5 Å². The molecule has 0 spiro atoms. The van der Waals surface area contributed by atoms with Crippen LogP contribution in [-0.2, 0) is 4.74 Å². The number of esters is 1. The van der Waals surface area contributed by atoms with Gasteiger partial charge in [-0.2, -0.15) is 4.39 Å². The molecule has 0 aliphatic carbocycles. The average Bonchev–Trinajstić information content (AvgIpc) is 2.23. The van der Waals surface area contributed by atoms with Crippen LogP contribution in [0.1, 0.15) is 10.4 Å². The minimum Gasteiger partial charge on any atom is -0.504 e. The smallest absolute Gasteiger partial charge is 0.341 e. The highest BCUT2D eigenvalue weighted by Gasteiger charge is 2.21. The first-order chi connectivity index (χ1) is 7.02. The topological polar surface area (TPSA) is 81.8 Å². The van der Waals surface area contributed by atoms with E-state index in [9.17, 15) is 14.3 Å². The largest absolute Gasteiger partial charge is 0.504 e. The maximum absolute atomic E-state index is 13.4. The Morgan fingerprint density at radius 3 is 2.60 bits per heavy atom. The number of anilines is 1. The Morgan fingerprint density at radius 1 is 1.53 bits per heavy atom. The molecule has 1 aromatic carbocycles. The van der Waals surface area contributed by atoms with Crippen molar-refractivity contribution in [1.29, 1.82) is 0 Å². The van der Waals surface area contributed by atoms with Gasteiger partial charge in [-0.1, -0.05) is 0 Å². The summed E-state index contributed by atoms with van der Waals surface area (Å²) >= 11 is 0. The first kappa shape index (κ1) is 11.1. The molecule has 82 valence electrons. The van der Waals surface area contributed by atoms with E-state index >= 15 is 0 Å². The summed E-state index contributed by atoms with van der Waals surface area (Å²) < 4.78 is 22.3. The number of hydrogen-bond acceptors (Lipinski definition) is 5. The number of carbonyl (C=O) groups is 1. The van der Waals surface area contributed by atoms with Gasteiger partial charge in [-0.3, -0.25) is 0 Å². The zero-order valence-electron chi connectivity index (χ0n) is 8.20. The summed E-state index contributed by atoms with van der Waals surface area (Å²) in [6.07, 6.45) is 0. The summed E-state index contributed by atoms with van der Waals surface area (Å²) in [7, 11) is 2.31. The van der Waals surface area contributed by atoms with Crippen LogP contribution in [0.25, 0.3) is 0 Å². The van der Waals surface area contributed by atoms with E-state index in [1.54, 1.807) is 0 Å². The number of ether oxygens (including phenoxy) is 2. The molecular weight excluding hydrogens is 205 g/mol. The Balaban J connectivity index is 3.40. The van der Waals surface area contributed by atoms with Crippen molar-refractivity contribution >= 4 is 11.7 Å². The van der Waals surface area contributed by atoms with E-state index in [2.05, 4.69) is 9.47 Å². The third kappa shape index (κ3) is 1.78. The van der Waals surface area contributed by atoms with Crippen molar-refractivity contribution in [2.75, 3.05) is 20.0 Å². The van der Waals surface area contributed by atoms with Crippen LogP contribution in [0.3, 0.4) is 0 Å². The molecular formula is C9H10FNO4. The molecule has 0 radical (unpaired) electrons. The zero-order valence-corrected chi connectivity index (χ0v) is 8.20. The summed E-state index contributed by atoms with van der Waals surface area (Å²) in [5.74, 6) is -3.10. The van der Waals surface area contributed by atoms with Gasteiger partial charge in [0.2, 0.25) is 5.82 Å². The van der Waals surface area contributed by atoms with E-state index in [0.29, 0.717) is 0 Å². The van der Waals surface area contributed by atoms with Crippen molar-refractivity contribution in [2.45, 2.75) is 0 Å². The molecule has 0 saturated carbocycles. The van der Waals surface area contributed by atoms with Gasteiger partial charge >= 0.3 is 5.97 Å².